The molecule has 1 heterocycles. The molecule has 0 aromatic heterocycles. The van der Waals surface area contributed by atoms with Crippen molar-refractivity contribution in [3.63, 3.8) is 0 Å². The molecule has 21 heavy (non-hydrogen) atoms. The monoisotopic (exact) mass is 286 g/mol. The Hall–Kier alpha value is -1.35. The van der Waals surface area contributed by atoms with Gasteiger partial charge in [0, 0.05) is 6.04 Å². The van der Waals surface area contributed by atoms with Crippen LogP contribution in [0.2, 0.25) is 0 Å². The van der Waals surface area contributed by atoms with Gasteiger partial charge in [0.2, 0.25) is 5.91 Å². The van der Waals surface area contributed by atoms with Crippen molar-refractivity contribution in [2.24, 2.45) is 5.41 Å². The Labute approximate surface area is 127 Å². The molecule has 1 aromatic carbocycles. The molecule has 0 spiro atoms. The predicted octanol–water partition coefficient (Wildman–Crippen LogP) is 3.47. The second kappa shape index (κ2) is 5.45. The molecular weight excluding hydrogens is 260 g/mol. The van der Waals surface area contributed by atoms with Crippen LogP contribution < -0.4 is 5.32 Å². The van der Waals surface area contributed by atoms with Gasteiger partial charge in [-0.05, 0) is 30.7 Å². The van der Waals surface area contributed by atoms with Crippen molar-refractivity contribution in [2.75, 3.05) is 0 Å². The molecule has 1 saturated carbocycles. The third-order valence-electron chi connectivity index (χ3n) is 5.25. The van der Waals surface area contributed by atoms with E-state index >= 15 is 0 Å². The van der Waals surface area contributed by atoms with Crippen molar-refractivity contribution in [3.05, 3.63) is 35.9 Å². The van der Waals surface area contributed by atoms with Crippen LogP contribution in [0.25, 0.3) is 0 Å². The Kier molecular flexibility index (Phi) is 3.78. The zero-order valence-electron chi connectivity index (χ0n) is 13.3. The molecular formula is C18H26N2O. The highest BCUT2D eigenvalue weighted by molar-refractivity contribution is 5.86. The second-order valence-electron chi connectivity index (χ2n) is 7.18. The van der Waals surface area contributed by atoms with Gasteiger partial charge < -0.3 is 4.90 Å². The zero-order chi connectivity index (χ0) is 15.0. The van der Waals surface area contributed by atoms with Crippen molar-refractivity contribution in [1.82, 2.24) is 10.2 Å². The Morgan fingerprint density at radius 3 is 2.57 bits per heavy atom. The lowest BCUT2D eigenvalue weighted by atomic mass is 9.72. The first-order valence-electron chi connectivity index (χ1n) is 8.14. The number of carbonyl (C=O) groups excluding carboxylic acids is 1. The molecule has 2 aliphatic rings. The molecule has 1 aromatic rings. The summed E-state index contributed by atoms with van der Waals surface area (Å²) in [5.74, 6) is 0.244. The third kappa shape index (κ3) is 2.59. The van der Waals surface area contributed by atoms with Crippen molar-refractivity contribution >= 4 is 5.91 Å². The number of nitrogens with zero attached hydrogens (tertiary/aromatic N) is 1. The van der Waals surface area contributed by atoms with Crippen LogP contribution in [0.4, 0.5) is 0 Å². The molecule has 114 valence electrons. The minimum atomic E-state index is -0.182. The fourth-order valence-electron chi connectivity index (χ4n) is 4.03. The summed E-state index contributed by atoms with van der Waals surface area (Å²) in [6.45, 7) is 6.74. The molecule has 0 bridgehead atoms. The van der Waals surface area contributed by atoms with Gasteiger partial charge in [-0.2, -0.15) is 0 Å². The Morgan fingerprint density at radius 2 is 1.90 bits per heavy atom. The normalized spacial score (nSPS) is 32.4. The third-order valence-corrected chi connectivity index (χ3v) is 5.25. The van der Waals surface area contributed by atoms with E-state index in [1.165, 1.54) is 19.3 Å². The van der Waals surface area contributed by atoms with Crippen molar-refractivity contribution in [2.45, 2.75) is 64.7 Å². The van der Waals surface area contributed by atoms with E-state index in [9.17, 15) is 4.79 Å². The first-order valence-corrected chi connectivity index (χ1v) is 8.14. The number of amides is 1. The topological polar surface area (TPSA) is 32.3 Å². The molecule has 3 unspecified atom stereocenters. The maximum atomic E-state index is 13.0. The van der Waals surface area contributed by atoms with Gasteiger partial charge in [0.1, 0.15) is 6.04 Å². The molecule has 1 amide bonds. The van der Waals surface area contributed by atoms with E-state index in [1.807, 2.05) is 30.3 Å². The van der Waals surface area contributed by atoms with Crippen LogP contribution in [0.5, 0.6) is 0 Å². The second-order valence-corrected chi connectivity index (χ2v) is 7.18. The number of hydrogen-bond donors (Lipinski definition) is 1. The van der Waals surface area contributed by atoms with Crippen LogP contribution in [-0.4, -0.2) is 23.0 Å². The van der Waals surface area contributed by atoms with Gasteiger partial charge in [-0.15, -0.1) is 0 Å². The fraction of sp³-hybridized carbons (Fsp3) is 0.611. The Bertz CT molecular complexity index is 511. The molecule has 1 aliphatic heterocycles. The van der Waals surface area contributed by atoms with E-state index in [4.69, 9.17) is 0 Å². The highest BCUT2D eigenvalue weighted by atomic mass is 16.2. The molecule has 3 heteroatoms. The molecule has 3 nitrogen and oxygen atoms in total. The quantitative estimate of drug-likeness (QED) is 0.903. The smallest absolute Gasteiger partial charge is 0.245 e. The minimum absolute atomic E-state index is 0.116. The summed E-state index contributed by atoms with van der Waals surface area (Å²) in [5, 5.41) is 3.48. The lowest BCUT2D eigenvalue weighted by molar-refractivity contribution is -0.136. The molecule has 1 saturated heterocycles. The molecule has 1 N–H and O–H groups in total. The maximum Gasteiger partial charge on any atom is 0.245 e. The SMILES string of the molecule is CC1NC(c2ccccc2)C(=O)N1C1CCCCC1(C)C. The lowest BCUT2D eigenvalue weighted by Crippen LogP contribution is -2.51. The average Bonchev–Trinajstić information content (AvgIpc) is 2.75. The molecule has 0 radical (unpaired) electrons. The van der Waals surface area contributed by atoms with Gasteiger partial charge in [-0.1, -0.05) is 57.0 Å². The van der Waals surface area contributed by atoms with Crippen LogP contribution >= 0.6 is 0 Å². The van der Waals surface area contributed by atoms with Crippen LogP contribution in [0.15, 0.2) is 30.3 Å². The van der Waals surface area contributed by atoms with E-state index in [0.717, 1.165) is 12.0 Å². The van der Waals surface area contributed by atoms with Gasteiger partial charge in [0.25, 0.3) is 0 Å². The van der Waals surface area contributed by atoms with Gasteiger partial charge in [-0.3, -0.25) is 10.1 Å². The fourth-order valence-corrected chi connectivity index (χ4v) is 4.03. The molecule has 3 atom stereocenters. The average molecular weight is 286 g/mol. The first kappa shape index (κ1) is 14.6. The summed E-state index contributed by atoms with van der Waals surface area (Å²) < 4.78 is 0. The van der Waals surface area contributed by atoms with Crippen LogP contribution in [-0.2, 0) is 4.79 Å². The summed E-state index contributed by atoms with van der Waals surface area (Å²) >= 11 is 0. The van der Waals surface area contributed by atoms with Gasteiger partial charge in [0.15, 0.2) is 0 Å². The van der Waals surface area contributed by atoms with Crippen molar-refractivity contribution in [3.8, 4) is 0 Å². The Balaban J connectivity index is 1.85. The Morgan fingerprint density at radius 1 is 1.19 bits per heavy atom. The number of carbonyl (C=O) groups is 1. The number of rotatable bonds is 2. The maximum absolute atomic E-state index is 13.0. The van der Waals surface area contributed by atoms with Gasteiger partial charge >= 0.3 is 0 Å². The van der Waals surface area contributed by atoms with E-state index in [0.29, 0.717) is 6.04 Å². The highest BCUT2D eigenvalue weighted by Crippen LogP contribution is 2.41. The van der Waals surface area contributed by atoms with Crippen molar-refractivity contribution in [1.29, 1.82) is 0 Å². The lowest BCUT2D eigenvalue weighted by Gasteiger charge is -2.45. The predicted molar refractivity (Wildman–Crippen MR) is 84.7 cm³/mol. The molecule has 2 fully saturated rings. The summed E-state index contributed by atoms with van der Waals surface area (Å²) in [6.07, 6.45) is 4.98. The van der Waals surface area contributed by atoms with E-state index < -0.39 is 0 Å². The summed E-state index contributed by atoms with van der Waals surface area (Å²) in [5.41, 5.74) is 1.29. The first-order chi connectivity index (χ1) is 10.0. The van der Waals surface area contributed by atoms with E-state index in [-0.39, 0.29) is 23.5 Å². The van der Waals surface area contributed by atoms with E-state index in [1.54, 1.807) is 0 Å². The largest absolute Gasteiger partial charge is 0.322 e. The van der Waals surface area contributed by atoms with Gasteiger partial charge in [0.05, 0.1) is 6.17 Å². The number of nitrogens with one attached hydrogen (secondary N) is 1. The number of hydrogen-bond acceptors (Lipinski definition) is 2. The van der Waals surface area contributed by atoms with Crippen LogP contribution in [0, 0.1) is 5.41 Å². The highest BCUT2D eigenvalue weighted by Gasteiger charge is 2.46. The van der Waals surface area contributed by atoms with Crippen LogP contribution in [0.3, 0.4) is 0 Å². The molecule has 1 aliphatic carbocycles. The summed E-state index contributed by atoms with van der Waals surface area (Å²) in [4.78, 5) is 15.1. The summed E-state index contributed by atoms with van der Waals surface area (Å²) in [6, 6.07) is 10.3. The van der Waals surface area contributed by atoms with Crippen LogP contribution in [0.1, 0.15) is 58.1 Å². The van der Waals surface area contributed by atoms with E-state index in [2.05, 4.69) is 31.0 Å². The standard InChI is InChI=1S/C18H26N2O/c1-13-19-16(14-9-5-4-6-10-14)17(21)20(13)15-11-7-8-12-18(15,2)3/h4-6,9-10,13,15-16,19H,7-8,11-12H2,1-3H3. The van der Waals surface area contributed by atoms with Gasteiger partial charge in [-0.25, -0.2) is 0 Å². The van der Waals surface area contributed by atoms with Crippen molar-refractivity contribution < 1.29 is 4.79 Å². The number of benzene rings is 1. The molecule has 3 rings (SSSR count). The minimum Gasteiger partial charge on any atom is -0.322 e. The zero-order valence-corrected chi connectivity index (χ0v) is 13.3. The summed E-state index contributed by atoms with van der Waals surface area (Å²) in [7, 11) is 0.